The maximum atomic E-state index is 6.96. The van der Waals surface area contributed by atoms with Gasteiger partial charge in [-0.1, -0.05) is 0 Å². The number of aliphatic imine (C=N–C) groups is 1. The Labute approximate surface area is 110 Å². The Kier molecular flexibility index (Phi) is 25.2. The van der Waals surface area contributed by atoms with Crippen LogP contribution in [-0.4, -0.2) is 36.5 Å². The van der Waals surface area contributed by atoms with Crippen LogP contribution in [0.5, 0.6) is 0 Å². The summed E-state index contributed by atoms with van der Waals surface area (Å²) in [6, 6.07) is 0. The van der Waals surface area contributed by atoms with Crippen LogP contribution in [0.1, 0.15) is 20.8 Å². The van der Waals surface area contributed by atoms with Crippen LogP contribution < -0.4 is 17.2 Å². The van der Waals surface area contributed by atoms with E-state index in [2.05, 4.69) is 4.99 Å². The highest BCUT2D eigenvalue weighted by atomic mass is 35.5. The molecule has 0 aliphatic heterocycles. The Morgan fingerprint density at radius 2 is 1.44 bits per heavy atom. The largest absolute Gasteiger partial charge is 0.370 e. The monoisotopic (exact) mass is 274 g/mol. The first-order chi connectivity index (χ1) is 6.49. The lowest BCUT2D eigenvalue weighted by molar-refractivity contribution is 0.457. The molecule has 0 fully saturated rings. The minimum atomic E-state index is 0. The van der Waals surface area contributed by atoms with Crippen molar-refractivity contribution < 1.29 is 0 Å². The van der Waals surface area contributed by atoms with E-state index in [1.165, 1.54) is 0 Å². The molecule has 0 heterocycles. The number of halogens is 2. The first-order valence-corrected chi connectivity index (χ1v) is 4.63. The summed E-state index contributed by atoms with van der Waals surface area (Å²) in [6.07, 6.45) is 0. The number of rotatable bonds is 3. The van der Waals surface area contributed by atoms with E-state index in [0.717, 1.165) is 13.1 Å². The van der Waals surface area contributed by atoms with Crippen molar-refractivity contribution in [2.75, 3.05) is 19.6 Å². The maximum absolute atomic E-state index is 6.96. The fourth-order valence-electron chi connectivity index (χ4n) is 0.747. The zero-order valence-electron chi connectivity index (χ0n) is 10.1. The van der Waals surface area contributed by atoms with Crippen molar-refractivity contribution in [3.63, 3.8) is 0 Å². The molecule has 0 aromatic heterocycles. The molecule has 0 aromatic carbocycles. The molecule has 0 rings (SSSR count). The molecule has 0 amide bonds. The third kappa shape index (κ3) is 18.8. The van der Waals surface area contributed by atoms with Gasteiger partial charge in [-0.3, -0.25) is 10.4 Å². The van der Waals surface area contributed by atoms with E-state index in [0.29, 0.717) is 6.54 Å². The van der Waals surface area contributed by atoms with Gasteiger partial charge in [-0.2, -0.15) is 0 Å². The van der Waals surface area contributed by atoms with Crippen molar-refractivity contribution in [1.82, 2.24) is 4.90 Å². The topological polar surface area (TPSA) is 118 Å². The van der Waals surface area contributed by atoms with E-state index >= 15 is 0 Å². The predicted octanol–water partition coefficient (Wildman–Crippen LogP) is 0.345. The molecule has 6 nitrogen and oxygen atoms in total. The minimum absolute atomic E-state index is 0. The number of guanidine groups is 2. The van der Waals surface area contributed by atoms with Crippen LogP contribution in [0.2, 0.25) is 0 Å². The van der Waals surface area contributed by atoms with Crippen molar-refractivity contribution in [2.45, 2.75) is 20.8 Å². The molecule has 0 spiro atoms. The van der Waals surface area contributed by atoms with Crippen LogP contribution in [-0.2, 0) is 0 Å². The number of nitrogens with two attached hydrogens (primary N) is 3. The molecule has 0 aliphatic carbocycles. The average Bonchev–Trinajstić information content (AvgIpc) is 2.06. The van der Waals surface area contributed by atoms with Crippen LogP contribution in [0.25, 0.3) is 0 Å². The highest BCUT2D eigenvalue weighted by Crippen LogP contribution is 1.81. The Balaban J connectivity index is -0.0000000825. The second-order valence-electron chi connectivity index (χ2n) is 2.46. The van der Waals surface area contributed by atoms with Gasteiger partial charge in [-0.25, -0.2) is 0 Å². The van der Waals surface area contributed by atoms with E-state index in [1.807, 2.05) is 20.8 Å². The van der Waals surface area contributed by atoms with Gasteiger partial charge in [0.1, 0.15) is 0 Å². The lowest BCUT2D eigenvalue weighted by Crippen LogP contribution is -2.35. The van der Waals surface area contributed by atoms with Crippen LogP contribution in [0.3, 0.4) is 0 Å². The molecule has 0 radical (unpaired) electrons. The van der Waals surface area contributed by atoms with E-state index in [9.17, 15) is 0 Å². The van der Waals surface area contributed by atoms with Crippen molar-refractivity contribution >= 4 is 36.7 Å². The summed E-state index contributed by atoms with van der Waals surface area (Å²) in [5.74, 6) is 0.326. The molecule has 8 heteroatoms. The normalized spacial score (nSPS) is 7.19. The van der Waals surface area contributed by atoms with Gasteiger partial charge in [0.15, 0.2) is 11.9 Å². The molecule has 0 bridgehead atoms. The Hall–Kier alpha value is -0.880. The summed E-state index contributed by atoms with van der Waals surface area (Å²) in [4.78, 5) is 5.38. The van der Waals surface area contributed by atoms with Gasteiger partial charge >= 0.3 is 0 Å². The fraction of sp³-hybridized carbons (Fsp3) is 0.750. The molecule has 0 atom stereocenters. The third-order valence-corrected chi connectivity index (χ3v) is 1.44. The first-order valence-electron chi connectivity index (χ1n) is 4.63. The van der Waals surface area contributed by atoms with E-state index in [-0.39, 0.29) is 36.7 Å². The second kappa shape index (κ2) is 16.5. The molecular formula is C8H24Cl2N6. The number of nitrogens with zero attached hydrogens (tertiary/aromatic N) is 2. The summed E-state index contributed by atoms with van der Waals surface area (Å²) >= 11 is 0. The standard InChI is InChI=1S/C5H13N3.C3H9N3.2ClH/c1-3-8(4-2)5(6)7;1-2-6-3(4)5;;/h3-4H2,1-2H3,(H3,6,7);2H2,1H3,(H4,4,5,6);2*1H. The smallest absolute Gasteiger partial charge is 0.188 e. The van der Waals surface area contributed by atoms with Gasteiger partial charge in [0.2, 0.25) is 0 Å². The van der Waals surface area contributed by atoms with Gasteiger partial charge < -0.3 is 22.1 Å². The SMILES string of the molecule is CCN(CC)C(=N)N.CCN=C(N)N.Cl.Cl. The molecule has 7 N–H and O–H groups in total. The number of hydrogen-bond donors (Lipinski definition) is 4. The molecule has 0 unspecified atom stereocenters. The average molecular weight is 275 g/mol. The highest BCUT2D eigenvalue weighted by Gasteiger charge is 1.96. The van der Waals surface area contributed by atoms with Crippen LogP contribution >= 0.6 is 24.8 Å². The zero-order chi connectivity index (χ0) is 11.6. The quantitative estimate of drug-likeness (QED) is 0.439. The van der Waals surface area contributed by atoms with Crippen molar-refractivity contribution in [3.05, 3.63) is 0 Å². The Morgan fingerprint density at radius 1 is 1.06 bits per heavy atom. The lowest BCUT2D eigenvalue weighted by Gasteiger charge is -2.16. The molecule has 0 saturated heterocycles. The van der Waals surface area contributed by atoms with Crippen molar-refractivity contribution in [1.29, 1.82) is 5.41 Å². The van der Waals surface area contributed by atoms with E-state index in [4.69, 9.17) is 22.6 Å². The van der Waals surface area contributed by atoms with Gasteiger partial charge in [-0.05, 0) is 20.8 Å². The van der Waals surface area contributed by atoms with Crippen molar-refractivity contribution in [3.8, 4) is 0 Å². The summed E-state index contributed by atoms with van der Waals surface area (Å²) in [5.41, 5.74) is 15.0. The van der Waals surface area contributed by atoms with E-state index in [1.54, 1.807) is 4.90 Å². The highest BCUT2D eigenvalue weighted by molar-refractivity contribution is 5.85. The third-order valence-electron chi connectivity index (χ3n) is 1.44. The predicted molar refractivity (Wildman–Crippen MR) is 75.7 cm³/mol. The van der Waals surface area contributed by atoms with Crippen LogP contribution in [0.4, 0.5) is 0 Å². The zero-order valence-corrected chi connectivity index (χ0v) is 11.7. The summed E-state index contributed by atoms with van der Waals surface area (Å²) < 4.78 is 0. The molecule has 0 aromatic rings. The van der Waals surface area contributed by atoms with Crippen LogP contribution in [0.15, 0.2) is 4.99 Å². The van der Waals surface area contributed by atoms with Crippen LogP contribution in [0, 0.1) is 5.41 Å². The van der Waals surface area contributed by atoms with Gasteiger partial charge in [0, 0.05) is 19.6 Å². The molecule has 0 saturated carbocycles. The summed E-state index contributed by atoms with van der Waals surface area (Å²) in [5, 5.41) is 6.96. The second-order valence-corrected chi connectivity index (χ2v) is 2.46. The maximum Gasteiger partial charge on any atom is 0.188 e. The number of hydrogen-bond acceptors (Lipinski definition) is 2. The molecule has 16 heavy (non-hydrogen) atoms. The van der Waals surface area contributed by atoms with Gasteiger partial charge in [-0.15, -0.1) is 24.8 Å². The number of nitrogens with one attached hydrogen (secondary N) is 1. The van der Waals surface area contributed by atoms with Gasteiger partial charge in [0.25, 0.3) is 0 Å². The van der Waals surface area contributed by atoms with E-state index < -0.39 is 0 Å². The molecular weight excluding hydrogens is 251 g/mol. The first kappa shape index (κ1) is 24.4. The van der Waals surface area contributed by atoms with Gasteiger partial charge in [0.05, 0.1) is 0 Å². The summed E-state index contributed by atoms with van der Waals surface area (Å²) in [6.45, 7) is 8.15. The molecule has 0 aliphatic rings. The van der Waals surface area contributed by atoms with Crippen molar-refractivity contribution in [2.24, 2.45) is 22.2 Å². The Bertz CT molecular complexity index is 177. The summed E-state index contributed by atoms with van der Waals surface area (Å²) in [7, 11) is 0. The molecule has 100 valence electrons. The Morgan fingerprint density at radius 3 is 1.44 bits per heavy atom. The fourth-order valence-corrected chi connectivity index (χ4v) is 0.747. The lowest BCUT2D eigenvalue weighted by atomic mass is 10.5. The minimum Gasteiger partial charge on any atom is -0.370 e.